The van der Waals surface area contributed by atoms with Crippen LogP contribution in [0.5, 0.6) is 5.75 Å². The van der Waals surface area contributed by atoms with E-state index in [0.29, 0.717) is 26.2 Å². The Bertz CT molecular complexity index is 1070. The van der Waals surface area contributed by atoms with Crippen molar-refractivity contribution in [2.24, 2.45) is 0 Å². The Morgan fingerprint density at radius 2 is 1.84 bits per heavy atom. The number of likely N-dealkylation sites (tertiary alicyclic amines) is 1. The Kier molecular flexibility index (Phi) is 5.47. The van der Waals surface area contributed by atoms with Crippen molar-refractivity contribution in [1.82, 2.24) is 14.9 Å². The number of piperidine rings is 1. The molecule has 6 nitrogen and oxygen atoms in total. The number of ether oxygens (including phenoxy) is 1. The number of rotatable bonds is 3. The quantitative estimate of drug-likeness (QED) is 0.614. The first kappa shape index (κ1) is 19.8. The number of aromatic nitrogens is 1. The van der Waals surface area contributed by atoms with Crippen LogP contribution in [-0.4, -0.2) is 53.3 Å². The summed E-state index contributed by atoms with van der Waals surface area (Å²) in [4.78, 5) is 24.3. The van der Waals surface area contributed by atoms with E-state index in [2.05, 4.69) is 36.2 Å². The molecule has 0 unspecified atom stereocenters. The first-order valence-electron chi connectivity index (χ1n) is 11.0. The number of fused-ring (bicyclic) bond motifs is 1. The van der Waals surface area contributed by atoms with Gasteiger partial charge in [0.2, 0.25) is 0 Å². The van der Waals surface area contributed by atoms with E-state index < -0.39 is 0 Å². The molecule has 2 aromatic carbocycles. The van der Waals surface area contributed by atoms with Crippen LogP contribution in [-0.2, 0) is 4.84 Å². The minimum Gasteiger partial charge on any atom is -0.490 e. The van der Waals surface area contributed by atoms with Crippen LogP contribution in [0.25, 0.3) is 22.0 Å². The number of carbonyl (C=O) groups is 1. The molecule has 0 radical (unpaired) electrons. The highest BCUT2D eigenvalue weighted by Crippen LogP contribution is 2.30. The maximum Gasteiger partial charge on any atom is 0.343 e. The summed E-state index contributed by atoms with van der Waals surface area (Å²) in [5.74, 6) is 0.864. The Morgan fingerprint density at radius 3 is 2.58 bits per heavy atom. The van der Waals surface area contributed by atoms with Gasteiger partial charge in [-0.25, -0.2) is 9.86 Å². The van der Waals surface area contributed by atoms with Gasteiger partial charge < -0.3 is 9.64 Å². The third kappa shape index (κ3) is 4.08. The number of benzene rings is 2. The molecule has 5 rings (SSSR count). The molecule has 0 bridgehead atoms. The van der Waals surface area contributed by atoms with Gasteiger partial charge in [0.1, 0.15) is 11.9 Å². The molecular formula is C25H27N3O3. The van der Waals surface area contributed by atoms with Gasteiger partial charge in [-0.3, -0.25) is 9.82 Å². The number of pyridine rings is 1. The van der Waals surface area contributed by atoms with Crippen LogP contribution in [0.2, 0.25) is 0 Å². The lowest BCUT2D eigenvalue weighted by atomic mass is 9.99. The Morgan fingerprint density at radius 1 is 1.06 bits per heavy atom. The molecular weight excluding hydrogens is 390 g/mol. The van der Waals surface area contributed by atoms with E-state index in [1.807, 2.05) is 35.4 Å². The molecule has 2 amide bonds. The van der Waals surface area contributed by atoms with Gasteiger partial charge >= 0.3 is 6.03 Å². The zero-order chi connectivity index (χ0) is 21.2. The number of amides is 2. The topological polar surface area (TPSA) is 54.9 Å². The Labute approximate surface area is 182 Å². The molecule has 31 heavy (non-hydrogen) atoms. The first-order valence-corrected chi connectivity index (χ1v) is 11.0. The number of carbonyl (C=O) groups excluding carboxylic acids is 1. The molecule has 0 atom stereocenters. The minimum atomic E-state index is -0.0142. The molecule has 1 aromatic heterocycles. The highest BCUT2D eigenvalue weighted by Gasteiger charge is 2.29. The lowest BCUT2D eigenvalue weighted by Gasteiger charge is -2.33. The zero-order valence-electron chi connectivity index (χ0n) is 17.8. The number of hydrogen-bond donors (Lipinski definition) is 0. The van der Waals surface area contributed by atoms with Crippen LogP contribution in [0.1, 0.15) is 24.8 Å². The number of nitrogens with zero attached hydrogens (tertiary/aromatic N) is 3. The highest BCUT2D eigenvalue weighted by molar-refractivity contribution is 5.88. The summed E-state index contributed by atoms with van der Waals surface area (Å²) in [5, 5.41) is 2.67. The van der Waals surface area contributed by atoms with Gasteiger partial charge in [0.25, 0.3) is 0 Å². The second-order valence-corrected chi connectivity index (χ2v) is 8.21. The highest BCUT2D eigenvalue weighted by atomic mass is 16.7. The molecule has 2 aliphatic rings. The second-order valence-electron chi connectivity index (χ2n) is 8.21. The van der Waals surface area contributed by atoms with Crippen LogP contribution in [0.3, 0.4) is 0 Å². The normalized spacial score (nSPS) is 17.3. The standard InChI is InChI=1S/C25H27N3O3/c1-18-22-5-2-3-6-24(22)26-17-23(18)19-7-9-20(10-8-19)31-21-11-14-27(15-12-21)25(29)28-13-4-16-30-28/h2-3,5-10,17,21H,4,11-16H2,1H3. The van der Waals surface area contributed by atoms with E-state index in [-0.39, 0.29) is 12.1 Å². The summed E-state index contributed by atoms with van der Waals surface area (Å²) in [6.07, 6.45) is 4.64. The van der Waals surface area contributed by atoms with E-state index in [1.54, 1.807) is 0 Å². The molecule has 2 aliphatic heterocycles. The summed E-state index contributed by atoms with van der Waals surface area (Å²) < 4.78 is 6.20. The largest absolute Gasteiger partial charge is 0.490 e. The molecule has 0 saturated carbocycles. The molecule has 6 heteroatoms. The number of hydroxylamine groups is 2. The lowest BCUT2D eigenvalue weighted by molar-refractivity contribution is -0.0797. The van der Waals surface area contributed by atoms with Gasteiger partial charge in [-0.15, -0.1) is 0 Å². The van der Waals surface area contributed by atoms with Crippen LogP contribution >= 0.6 is 0 Å². The van der Waals surface area contributed by atoms with Gasteiger partial charge in [-0.1, -0.05) is 30.3 Å². The average molecular weight is 418 g/mol. The van der Waals surface area contributed by atoms with Gasteiger partial charge in [0.15, 0.2) is 0 Å². The molecule has 160 valence electrons. The van der Waals surface area contributed by atoms with E-state index in [1.165, 1.54) is 16.0 Å². The van der Waals surface area contributed by atoms with Crippen LogP contribution < -0.4 is 4.74 Å². The van der Waals surface area contributed by atoms with Crippen molar-refractivity contribution >= 4 is 16.9 Å². The van der Waals surface area contributed by atoms with Gasteiger partial charge in [-0.2, -0.15) is 0 Å². The Balaban J connectivity index is 1.21. The fourth-order valence-electron chi connectivity index (χ4n) is 4.40. The Hall–Kier alpha value is -3.12. The molecule has 0 spiro atoms. The SMILES string of the molecule is Cc1c(-c2ccc(OC3CCN(C(=O)N4CCCO4)CC3)cc2)cnc2ccccc12. The van der Waals surface area contributed by atoms with E-state index in [4.69, 9.17) is 9.57 Å². The first-order chi connectivity index (χ1) is 15.2. The second kappa shape index (κ2) is 8.55. The van der Waals surface area contributed by atoms with Crippen LogP contribution in [0, 0.1) is 6.92 Å². The van der Waals surface area contributed by atoms with Gasteiger partial charge in [-0.05, 0) is 42.7 Å². The van der Waals surface area contributed by atoms with Crippen LogP contribution in [0.15, 0.2) is 54.7 Å². The van der Waals surface area contributed by atoms with E-state index >= 15 is 0 Å². The number of urea groups is 1. The van der Waals surface area contributed by atoms with Crippen molar-refractivity contribution in [3.05, 3.63) is 60.3 Å². The predicted molar refractivity (Wildman–Crippen MR) is 120 cm³/mol. The monoisotopic (exact) mass is 417 g/mol. The molecule has 0 aliphatic carbocycles. The smallest absolute Gasteiger partial charge is 0.343 e. The van der Waals surface area contributed by atoms with Crippen molar-refractivity contribution in [3.63, 3.8) is 0 Å². The molecule has 0 N–H and O–H groups in total. The number of para-hydroxylation sites is 1. The van der Waals surface area contributed by atoms with Crippen molar-refractivity contribution in [2.45, 2.75) is 32.3 Å². The van der Waals surface area contributed by atoms with Gasteiger partial charge in [0.05, 0.1) is 18.7 Å². The summed E-state index contributed by atoms with van der Waals surface area (Å²) in [6.45, 7) is 4.86. The molecule has 2 saturated heterocycles. The predicted octanol–water partition coefficient (Wildman–Crippen LogP) is 4.81. The maximum absolute atomic E-state index is 12.4. The third-order valence-electron chi connectivity index (χ3n) is 6.19. The molecule has 3 aromatic rings. The summed E-state index contributed by atoms with van der Waals surface area (Å²) in [7, 11) is 0. The van der Waals surface area contributed by atoms with Crippen molar-refractivity contribution < 1.29 is 14.4 Å². The number of aryl methyl sites for hydroxylation is 1. The zero-order valence-corrected chi connectivity index (χ0v) is 17.8. The van der Waals surface area contributed by atoms with Gasteiger partial charge in [0, 0.05) is 43.1 Å². The minimum absolute atomic E-state index is 0.0142. The van der Waals surface area contributed by atoms with E-state index in [0.717, 1.165) is 41.7 Å². The maximum atomic E-state index is 12.4. The summed E-state index contributed by atoms with van der Waals surface area (Å²) in [6, 6.07) is 16.5. The summed E-state index contributed by atoms with van der Waals surface area (Å²) in [5.41, 5.74) is 4.53. The fourth-order valence-corrected chi connectivity index (χ4v) is 4.40. The van der Waals surface area contributed by atoms with Crippen LogP contribution in [0.4, 0.5) is 4.79 Å². The van der Waals surface area contributed by atoms with Crippen molar-refractivity contribution in [3.8, 4) is 16.9 Å². The lowest BCUT2D eigenvalue weighted by Crippen LogP contribution is -2.47. The van der Waals surface area contributed by atoms with Crippen molar-refractivity contribution in [2.75, 3.05) is 26.2 Å². The average Bonchev–Trinajstić information content (AvgIpc) is 3.35. The molecule has 2 fully saturated rings. The summed E-state index contributed by atoms with van der Waals surface area (Å²) >= 11 is 0. The van der Waals surface area contributed by atoms with E-state index in [9.17, 15) is 4.79 Å². The van der Waals surface area contributed by atoms with Crippen molar-refractivity contribution in [1.29, 1.82) is 0 Å². The number of hydrogen-bond acceptors (Lipinski definition) is 4. The fraction of sp³-hybridized carbons (Fsp3) is 0.360. The molecule has 3 heterocycles. The third-order valence-corrected chi connectivity index (χ3v) is 6.19.